The van der Waals surface area contributed by atoms with Crippen molar-refractivity contribution < 1.29 is 20.1 Å². The molecular formula is C17H23NO4. The van der Waals surface area contributed by atoms with Crippen LogP contribution in [0.15, 0.2) is 24.3 Å². The van der Waals surface area contributed by atoms with Crippen molar-refractivity contribution in [2.45, 2.75) is 37.0 Å². The monoisotopic (exact) mass is 305 g/mol. The first-order chi connectivity index (χ1) is 10.1. The molecule has 2 aliphatic heterocycles. The average Bonchev–Trinajstić information content (AvgIpc) is 2.72. The van der Waals surface area contributed by atoms with Crippen LogP contribution in [0.25, 0.3) is 0 Å². The number of benzene rings is 1. The number of hydrogen-bond donors (Lipinski definition) is 1. The summed E-state index contributed by atoms with van der Waals surface area (Å²) in [6, 6.07) is 4.16. The van der Waals surface area contributed by atoms with Gasteiger partial charge in [0.2, 0.25) is 0 Å². The van der Waals surface area contributed by atoms with E-state index in [9.17, 15) is 5.11 Å². The zero-order valence-corrected chi connectivity index (χ0v) is 13.0. The van der Waals surface area contributed by atoms with Crippen molar-refractivity contribution >= 4 is 0 Å². The van der Waals surface area contributed by atoms with Gasteiger partial charge in [0.15, 0.2) is 11.5 Å². The average molecular weight is 305 g/mol. The smallest absolute Gasteiger partial charge is 0.166 e. The van der Waals surface area contributed by atoms with Gasteiger partial charge in [-0.2, -0.15) is 0 Å². The van der Waals surface area contributed by atoms with Crippen molar-refractivity contribution in [3.63, 3.8) is 0 Å². The van der Waals surface area contributed by atoms with Crippen LogP contribution in [-0.4, -0.2) is 48.4 Å². The van der Waals surface area contributed by atoms with E-state index in [1.165, 1.54) is 11.1 Å². The molecule has 0 amide bonds. The molecule has 5 heteroatoms. The molecule has 22 heavy (non-hydrogen) atoms. The summed E-state index contributed by atoms with van der Waals surface area (Å²) in [5.74, 6) is 1.68. The summed E-state index contributed by atoms with van der Waals surface area (Å²) in [5.41, 5.74) is 2.48. The second kappa shape index (κ2) is 5.26. The maximum Gasteiger partial charge on any atom is 0.166 e. The van der Waals surface area contributed by atoms with Gasteiger partial charge in [-0.15, -0.1) is 0 Å². The van der Waals surface area contributed by atoms with E-state index in [2.05, 4.69) is 24.1 Å². The van der Waals surface area contributed by atoms with Crippen LogP contribution in [0.5, 0.6) is 11.5 Å². The lowest BCUT2D eigenvalue weighted by Crippen LogP contribution is -2.42. The Morgan fingerprint density at radius 1 is 1.41 bits per heavy atom. The van der Waals surface area contributed by atoms with Crippen LogP contribution >= 0.6 is 0 Å². The molecule has 3 aliphatic rings. The number of ether oxygens (including phenoxy) is 2. The predicted molar refractivity (Wildman–Crippen MR) is 83.4 cm³/mol. The normalized spacial score (nSPS) is 32.3. The molecule has 3 N–H and O–H groups in total. The Morgan fingerprint density at radius 3 is 3.00 bits per heavy atom. The number of aliphatic hydroxyl groups excluding tert-OH is 1. The van der Waals surface area contributed by atoms with Crippen LogP contribution in [0, 0.1) is 0 Å². The topological polar surface area (TPSA) is 73.4 Å². The van der Waals surface area contributed by atoms with E-state index in [1.54, 1.807) is 7.11 Å². The van der Waals surface area contributed by atoms with Crippen molar-refractivity contribution in [2.75, 3.05) is 20.7 Å². The highest BCUT2D eigenvalue weighted by Gasteiger charge is 2.52. The Morgan fingerprint density at radius 2 is 2.23 bits per heavy atom. The van der Waals surface area contributed by atoms with Crippen LogP contribution < -0.4 is 9.47 Å². The van der Waals surface area contributed by atoms with E-state index >= 15 is 0 Å². The first-order valence-electron chi connectivity index (χ1n) is 7.57. The lowest BCUT2D eigenvalue weighted by molar-refractivity contribution is 0.0821. The zero-order chi connectivity index (χ0) is 14.6. The van der Waals surface area contributed by atoms with Gasteiger partial charge in [0, 0.05) is 18.5 Å². The van der Waals surface area contributed by atoms with Gasteiger partial charge in [0.1, 0.15) is 6.10 Å². The quantitative estimate of drug-likeness (QED) is 0.786. The molecule has 2 heterocycles. The van der Waals surface area contributed by atoms with Crippen molar-refractivity contribution in [1.82, 2.24) is 4.90 Å². The molecule has 1 spiro atoms. The lowest BCUT2D eigenvalue weighted by atomic mass is 9.69. The highest BCUT2D eigenvalue weighted by atomic mass is 16.5. The number of rotatable bonds is 1. The Hall–Kier alpha value is -1.56. The lowest BCUT2D eigenvalue weighted by Gasteiger charge is -2.35. The maximum atomic E-state index is 9.97. The molecule has 3 atom stereocenters. The second-order valence-corrected chi connectivity index (χ2v) is 6.43. The van der Waals surface area contributed by atoms with E-state index in [-0.39, 0.29) is 17.0 Å². The fourth-order valence-corrected chi connectivity index (χ4v) is 4.08. The van der Waals surface area contributed by atoms with E-state index in [4.69, 9.17) is 9.47 Å². The number of aliphatic hydroxyl groups is 1. The summed E-state index contributed by atoms with van der Waals surface area (Å²) in [6.07, 6.45) is 5.38. The summed E-state index contributed by atoms with van der Waals surface area (Å²) in [7, 11) is 3.84. The Balaban J connectivity index is 0.00000144. The summed E-state index contributed by atoms with van der Waals surface area (Å²) in [5, 5.41) is 9.97. The van der Waals surface area contributed by atoms with E-state index < -0.39 is 6.10 Å². The van der Waals surface area contributed by atoms with Gasteiger partial charge in [-0.1, -0.05) is 18.2 Å². The fourth-order valence-electron chi connectivity index (χ4n) is 4.08. The first-order valence-corrected chi connectivity index (χ1v) is 7.57. The number of nitrogens with zero attached hydrogens (tertiary/aromatic N) is 1. The van der Waals surface area contributed by atoms with Crippen molar-refractivity contribution in [1.29, 1.82) is 0 Å². The molecule has 0 bridgehead atoms. The molecule has 0 radical (unpaired) electrons. The fraction of sp³-hybridized carbons (Fsp3) is 0.529. The molecule has 1 aliphatic carbocycles. The number of hydrogen-bond acceptors (Lipinski definition) is 4. The van der Waals surface area contributed by atoms with Gasteiger partial charge in [-0.3, -0.25) is 0 Å². The van der Waals surface area contributed by atoms with Gasteiger partial charge < -0.3 is 25.0 Å². The zero-order valence-electron chi connectivity index (χ0n) is 13.0. The molecule has 0 fully saturated rings. The van der Waals surface area contributed by atoms with Crippen LogP contribution in [0.4, 0.5) is 0 Å². The summed E-state index contributed by atoms with van der Waals surface area (Å²) in [6.45, 7) is 1.96. The minimum absolute atomic E-state index is 0. The molecular weight excluding hydrogens is 282 g/mol. The van der Waals surface area contributed by atoms with Crippen LogP contribution in [-0.2, 0) is 12.0 Å². The van der Waals surface area contributed by atoms with Gasteiger partial charge in [0.05, 0.1) is 18.6 Å². The van der Waals surface area contributed by atoms with Gasteiger partial charge in [-0.05, 0) is 31.6 Å². The van der Waals surface area contributed by atoms with Crippen LogP contribution in [0.1, 0.15) is 24.0 Å². The third-order valence-corrected chi connectivity index (χ3v) is 5.15. The van der Waals surface area contributed by atoms with Crippen molar-refractivity contribution in [3.8, 4) is 11.5 Å². The minimum atomic E-state index is -0.412. The summed E-state index contributed by atoms with van der Waals surface area (Å²) in [4.78, 5) is 2.35. The van der Waals surface area contributed by atoms with Gasteiger partial charge in [-0.25, -0.2) is 0 Å². The molecule has 0 saturated heterocycles. The Labute approximate surface area is 130 Å². The van der Waals surface area contributed by atoms with E-state index in [0.717, 1.165) is 31.0 Å². The third kappa shape index (κ3) is 1.96. The van der Waals surface area contributed by atoms with Gasteiger partial charge >= 0.3 is 0 Å². The van der Waals surface area contributed by atoms with Crippen LogP contribution in [0.3, 0.4) is 0 Å². The first kappa shape index (κ1) is 15.3. The van der Waals surface area contributed by atoms with Crippen molar-refractivity contribution in [3.05, 3.63) is 35.4 Å². The Kier molecular flexibility index (Phi) is 3.67. The predicted octanol–water partition coefficient (Wildman–Crippen LogP) is 1.03. The molecule has 120 valence electrons. The number of methoxy groups -OCH3 is 1. The van der Waals surface area contributed by atoms with Gasteiger partial charge in [0.25, 0.3) is 0 Å². The molecule has 1 aromatic rings. The molecule has 4 rings (SSSR count). The second-order valence-electron chi connectivity index (χ2n) is 6.43. The standard InChI is InChI=1S/C17H21NO3.H2O/c1-18-8-7-17-6-5-12(19)9-14(17)21-16-13(20-2)4-3-11(10-18)15(16)17;/h3-6,12,14,19H,7-10H2,1-2H3;1H2/t12-,14-,17-;/m0./s1. The van der Waals surface area contributed by atoms with E-state index in [0.29, 0.717) is 6.42 Å². The molecule has 0 saturated carbocycles. The summed E-state index contributed by atoms with van der Waals surface area (Å²) < 4.78 is 11.8. The highest BCUT2D eigenvalue weighted by Crippen LogP contribution is 2.55. The molecule has 0 unspecified atom stereocenters. The third-order valence-electron chi connectivity index (χ3n) is 5.15. The SMILES string of the molecule is COc1ccc2c3c1O[C@H]1C[C@@H](O)C=C[C@@]31CCN(C)C2.O. The molecule has 5 nitrogen and oxygen atoms in total. The largest absolute Gasteiger partial charge is 0.493 e. The molecule has 0 aromatic heterocycles. The minimum Gasteiger partial charge on any atom is -0.493 e. The highest BCUT2D eigenvalue weighted by molar-refractivity contribution is 5.60. The van der Waals surface area contributed by atoms with Crippen molar-refractivity contribution in [2.24, 2.45) is 0 Å². The van der Waals surface area contributed by atoms with E-state index in [1.807, 2.05) is 12.1 Å². The maximum absolute atomic E-state index is 9.97. The molecule has 1 aromatic carbocycles. The van der Waals surface area contributed by atoms with Crippen LogP contribution in [0.2, 0.25) is 0 Å². The Bertz CT molecular complexity index is 615. The summed E-state index contributed by atoms with van der Waals surface area (Å²) >= 11 is 0.